The van der Waals surface area contributed by atoms with Gasteiger partial charge < -0.3 is 19.5 Å². The van der Waals surface area contributed by atoms with E-state index in [-0.39, 0.29) is 11.5 Å². The molecule has 1 saturated heterocycles. The van der Waals surface area contributed by atoms with E-state index in [1.54, 1.807) is 53.2 Å². The largest absolute Gasteiger partial charge is 0.497 e. The molecule has 1 unspecified atom stereocenters. The monoisotopic (exact) mass is 515 g/mol. The Kier molecular flexibility index (Phi) is 6.48. The summed E-state index contributed by atoms with van der Waals surface area (Å²) in [6, 6.07) is 14.2. The van der Waals surface area contributed by atoms with Crippen LogP contribution in [0.25, 0.3) is 28.1 Å². The van der Waals surface area contributed by atoms with E-state index >= 15 is 0 Å². The van der Waals surface area contributed by atoms with Crippen LogP contribution in [0.3, 0.4) is 0 Å². The summed E-state index contributed by atoms with van der Waals surface area (Å²) in [4.78, 5) is 36.2. The first kappa shape index (κ1) is 25.2. The summed E-state index contributed by atoms with van der Waals surface area (Å²) < 4.78 is 12.4. The molecule has 1 amide bonds. The van der Waals surface area contributed by atoms with Gasteiger partial charge in [-0.1, -0.05) is 6.07 Å². The number of nitrogens with zero attached hydrogens (tertiary/aromatic N) is 5. The second-order valence-corrected chi connectivity index (χ2v) is 10.2. The molecule has 10 nitrogen and oxygen atoms in total. The molecule has 0 saturated carbocycles. The first-order valence-corrected chi connectivity index (χ1v) is 12.4. The van der Waals surface area contributed by atoms with Crippen molar-refractivity contribution in [1.29, 1.82) is 0 Å². The molecule has 196 valence electrons. The van der Waals surface area contributed by atoms with E-state index in [2.05, 4.69) is 4.98 Å². The molecule has 1 aromatic carbocycles. The van der Waals surface area contributed by atoms with Crippen molar-refractivity contribution >= 4 is 23.1 Å². The Balaban J connectivity index is 1.65. The van der Waals surface area contributed by atoms with Crippen LogP contribution in [0, 0.1) is 0 Å². The van der Waals surface area contributed by atoms with Crippen molar-refractivity contribution in [2.24, 2.45) is 0 Å². The Labute approximate surface area is 219 Å². The summed E-state index contributed by atoms with van der Waals surface area (Å²) in [5.74, 6) is -0.0796. The fourth-order valence-electron chi connectivity index (χ4n) is 4.62. The molecular formula is C28H29N5O5. The highest BCUT2D eigenvalue weighted by atomic mass is 16.6. The van der Waals surface area contributed by atoms with Gasteiger partial charge in [0.05, 0.1) is 29.4 Å². The zero-order chi connectivity index (χ0) is 27.0. The molecule has 38 heavy (non-hydrogen) atoms. The Bertz CT molecular complexity index is 1490. The number of hydrogen-bond donors (Lipinski definition) is 1. The lowest BCUT2D eigenvalue weighted by Crippen LogP contribution is -2.35. The molecule has 1 N–H and O–H groups in total. The number of carboxylic acid groups (broad SMARTS) is 1. The molecular weight excluding hydrogens is 486 g/mol. The van der Waals surface area contributed by atoms with Crippen LogP contribution in [0.15, 0.2) is 54.7 Å². The molecule has 0 radical (unpaired) electrons. The van der Waals surface area contributed by atoms with Crippen molar-refractivity contribution in [3.05, 3.63) is 66.0 Å². The molecule has 1 fully saturated rings. The number of aromatic nitrogens is 4. The maximum absolute atomic E-state index is 12.7. The lowest BCUT2D eigenvalue weighted by molar-refractivity contribution is 0.0292. The van der Waals surface area contributed by atoms with Crippen LogP contribution in [0.1, 0.15) is 49.2 Å². The van der Waals surface area contributed by atoms with Gasteiger partial charge in [0.1, 0.15) is 11.4 Å². The number of methoxy groups -OCH3 is 1. The minimum Gasteiger partial charge on any atom is -0.497 e. The van der Waals surface area contributed by atoms with Crippen LogP contribution in [0.5, 0.6) is 5.75 Å². The maximum atomic E-state index is 12.7. The number of aromatic carboxylic acids is 1. The second-order valence-electron chi connectivity index (χ2n) is 10.2. The van der Waals surface area contributed by atoms with E-state index in [1.165, 1.54) is 0 Å². The number of pyridine rings is 2. The summed E-state index contributed by atoms with van der Waals surface area (Å²) in [6.45, 7) is 6.32. The van der Waals surface area contributed by atoms with Gasteiger partial charge in [0, 0.05) is 30.8 Å². The molecule has 4 heterocycles. The van der Waals surface area contributed by atoms with Gasteiger partial charge in [-0.05, 0) is 69.7 Å². The topological polar surface area (TPSA) is 120 Å². The number of fused-ring (bicyclic) bond motifs is 1. The third kappa shape index (κ3) is 4.89. The Morgan fingerprint density at radius 1 is 1.11 bits per heavy atom. The summed E-state index contributed by atoms with van der Waals surface area (Å²) in [5.41, 5.74) is 1.67. The number of carboxylic acids is 1. The van der Waals surface area contributed by atoms with Gasteiger partial charge in [0.15, 0.2) is 11.5 Å². The average molecular weight is 516 g/mol. The van der Waals surface area contributed by atoms with Crippen LogP contribution >= 0.6 is 0 Å². The van der Waals surface area contributed by atoms with Gasteiger partial charge in [-0.2, -0.15) is 9.78 Å². The quantitative estimate of drug-likeness (QED) is 0.398. The van der Waals surface area contributed by atoms with Crippen molar-refractivity contribution in [2.75, 3.05) is 20.2 Å². The smallest absolute Gasteiger partial charge is 0.410 e. The van der Waals surface area contributed by atoms with Crippen molar-refractivity contribution in [1.82, 2.24) is 24.6 Å². The minimum absolute atomic E-state index is 0.0914. The molecule has 1 atom stereocenters. The SMILES string of the molecule is COc1ccc(-c2cc(C(=O)O)c3c(C4CCN(C(=O)OC(C)(C)C)C4)nn(-c4ccccn4)c3n2)cc1. The van der Waals surface area contributed by atoms with E-state index in [9.17, 15) is 14.7 Å². The van der Waals surface area contributed by atoms with Gasteiger partial charge in [-0.25, -0.2) is 19.6 Å². The summed E-state index contributed by atoms with van der Waals surface area (Å²) in [6.07, 6.45) is 1.87. The highest BCUT2D eigenvalue weighted by Gasteiger charge is 2.35. The molecule has 4 aromatic rings. The van der Waals surface area contributed by atoms with Crippen molar-refractivity contribution < 1.29 is 24.2 Å². The van der Waals surface area contributed by atoms with E-state index in [0.717, 1.165) is 5.56 Å². The molecule has 5 rings (SSSR count). The van der Waals surface area contributed by atoms with Gasteiger partial charge >= 0.3 is 12.1 Å². The predicted octanol–water partition coefficient (Wildman–Crippen LogP) is 4.91. The van der Waals surface area contributed by atoms with Crippen LogP contribution in [0.2, 0.25) is 0 Å². The number of ether oxygens (including phenoxy) is 2. The Morgan fingerprint density at radius 2 is 1.87 bits per heavy atom. The number of hydrogen-bond acceptors (Lipinski definition) is 7. The van der Waals surface area contributed by atoms with Gasteiger partial charge in [-0.15, -0.1) is 0 Å². The molecule has 0 bridgehead atoms. The number of likely N-dealkylation sites (tertiary alicyclic amines) is 1. The highest BCUT2D eigenvalue weighted by Crippen LogP contribution is 2.36. The second kappa shape index (κ2) is 9.77. The first-order valence-electron chi connectivity index (χ1n) is 12.4. The molecule has 0 aliphatic carbocycles. The van der Waals surface area contributed by atoms with E-state index in [4.69, 9.17) is 19.6 Å². The molecule has 3 aromatic heterocycles. The van der Waals surface area contributed by atoms with Crippen molar-refractivity contribution in [2.45, 2.75) is 38.7 Å². The standard InChI is InChI=1S/C28H29N5O5/c1-28(2,3)38-27(36)32-14-12-18(16-32)24-23-20(26(34)35)15-21(17-8-10-19(37-4)11-9-17)30-25(23)33(31-24)22-7-5-6-13-29-22/h5-11,13,15,18H,12,14,16H2,1-4H3,(H,34,35). The zero-order valence-electron chi connectivity index (χ0n) is 21.7. The number of amides is 1. The third-order valence-corrected chi connectivity index (χ3v) is 6.37. The van der Waals surface area contributed by atoms with E-state index in [0.29, 0.717) is 53.5 Å². The summed E-state index contributed by atoms with van der Waals surface area (Å²) >= 11 is 0. The molecule has 1 aliphatic rings. The Morgan fingerprint density at radius 3 is 2.50 bits per heavy atom. The highest BCUT2D eigenvalue weighted by molar-refractivity contribution is 6.04. The average Bonchev–Trinajstić information content (AvgIpc) is 3.53. The van der Waals surface area contributed by atoms with Gasteiger partial charge in [-0.3, -0.25) is 0 Å². The fourth-order valence-corrected chi connectivity index (χ4v) is 4.62. The first-order chi connectivity index (χ1) is 18.1. The van der Waals surface area contributed by atoms with Crippen molar-refractivity contribution in [3.8, 4) is 22.8 Å². The van der Waals surface area contributed by atoms with Crippen LogP contribution in [0.4, 0.5) is 4.79 Å². The van der Waals surface area contributed by atoms with Crippen LogP contribution in [-0.4, -0.2) is 67.6 Å². The van der Waals surface area contributed by atoms with Gasteiger partial charge in [0.25, 0.3) is 0 Å². The predicted molar refractivity (Wildman–Crippen MR) is 141 cm³/mol. The van der Waals surface area contributed by atoms with E-state index in [1.807, 2.05) is 39.0 Å². The summed E-state index contributed by atoms with van der Waals surface area (Å²) in [7, 11) is 1.59. The van der Waals surface area contributed by atoms with Crippen molar-refractivity contribution in [3.63, 3.8) is 0 Å². The molecule has 1 aliphatic heterocycles. The normalized spacial score (nSPS) is 15.6. The molecule has 0 spiro atoms. The lowest BCUT2D eigenvalue weighted by atomic mass is 9.98. The lowest BCUT2D eigenvalue weighted by Gasteiger charge is -2.24. The Hall–Kier alpha value is -4.47. The zero-order valence-corrected chi connectivity index (χ0v) is 21.7. The van der Waals surface area contributed by atoms with E-state index < -0.39 is 17.7 Å². The van der Waals surface area contributed by atoms with Crippen LogP contribution < -0.4 is 4.74 Å². The number of carbonyl (C=O) groups is 2. The van der Waals surface area contributed by atoms with Crippen LogP contribution in [-0.2, 0) is 4.74 Å². The minimum atomic E-state index is -1.09. The fraction of sp³-hybridized carbons (Fsp3) is 0.321. The number of rotatable bonds is 5. The molecule has 10 heteroatoms. The van der Waals surface area contributed by atoms with Gasteiger partial charge in [0.2, 0.25) is 0 Å². The number of carbonyl (C=O) groups excluding carboxylic acids is 1. The maximum Gasteiger partial charge on any atom is 0.410 e. The third-order valence-electron chi connectivity index (χ3n) is 6.37. The number of benzene rings is 1. The summed E-state index contributed by atoms with van der Waals surface area (Å²) in [5, 5.41) is 15.6.